The van der Waals surface area contributed by atoms with Gasteiger partial charge >= 0.3 is 0 Å². The minimum Gasteiger partial charge on any atom is -0.759 e. The van der Waals surface area contributed by atoms with E-state index in [1.165, 1.54) is 0 Å². The lowest BCUT2D eigenvalue weighted by atomic mass is 10.5. The highest BCUT2D eigenvalue weighted by Gasteiger charge is 2.07. The molecule has 17 heteroatoms. The zero-order valence-corrected chi connectivity index (χ0v) is 19.3. The molecule has 2 N–H and O–H groups in total. The standard InChI is InChI=1S/2C7H12N2O3S.H2O4S/c2*1-8-4-5-9(7-8)3-2-6-13(10,11)12;1-5(2,3)4/h2*4-5,7H,2-3,6H2,1H3;(H2,1,2,3,4). The second-order valence-electron chi connectivity index (χ2n) is 6.32. The Balaban J connectivity index is 0.000000479. The van der Waals surface area contributed by atoms with Crippen LogP contribution in [0.15, 0.2) is 37.4 Å². The van der Waals surface area contributed by atoms with Gasteiger partial charge < -0.3 is 9.11 Å². The van der Waals surface area contributed by atoms with Crippen LogP contribution < -0.4 is 9.13 Å². The minimum atomic E-state index is -5.17. The highest BCUT2D eigenvalue weighted by Crippen LogP contribution is 1.89. The van der Waals surface area contributed by atoms with Gasteiger partial charge in [-0.3, -0.25) is 17.5 Å². The van der Waals surface area contributed by atoms with Crippen molar-refractivity contribution >= 4 is 30.6 Å². The Kier molecular flexibility index (Phi) is 12.1. The minimum absolute atomic E-state index is 0.186. The maximum atomic E-state index is 10.4. The lowest BCUT2D eigenvalue weighted by Crippen LogP contribution is -2.31. The average Bonchev–Trinajstić information content (AvgIpc) is 3.12. The van der Waals surface area contributed by atoms with Crippen molar-refractivity contribution in [3.05, 3.63) is 37.4 Å². The second-order valence-corrected chi connectivity index (χ2v) is 10.3. The molecule has 0 radical (unpaired) electrons. The molecule has 180 valence electrons. The molecule has 0 aliphatic rings. The average molecular weight is 507 g/mol. The summed E-state index contributed by atoms with van der Waals surface area (Å²) in [6, 6.07) is 0. The van der Waals surface area contributed by atoms with Gasteiger partial charge in [0.1, 0.15) is 24.8 Å². The van der Waals surface area contributed by atoms with Crippen molar-refractivity contribution in [2.75, 3.05) is 11.5 Å². The largest absolute Gasteiger partial charge is 0.759 e. The van der Waals surface area contributed by atoms with Gasteiger partial charge in [-0.2, -0.15) is 16.8 Å². The molecule has 0 fully saturated rings. The molecule has 0 saturated carbocycles. The molecule has 0 spiro atoms. The van der Waals surface area contributed by atoms with E-state index in [0.717, 1.165) is 0 Å². The van der Waals surface area contributed by atoms with Crippen molar-refractivity contribution in [3.8, 4) is 0 Å². The van der Waals surface area contributed by atoms with E-state index in [2.05, 4.69) is 0 Å². The smallest absolute Gasteiger partial charge is 0.265 e. The van der Waals surface area contributed by atoms with E-state index in [0.29, 0.717) is 25.9 Å². The molecule has 2 aromatic heterocycles. The Morgan fingerprint density at radius 1 is 0.742 bits per heavy atom. The summed E-state index contributed by atoms with van der Waals surface area (Å²) in [4.78, 5) is 0. The highest BCUT2D eigenvalue weighted by molar-refractivity contribution is 7.86. The lowest BCUT2D eigenvalue weighted by Gasteiger charge is -2.06. The second kappa shape index (κ2) is 12.8. The van der Waals surface area contributed by atoms with Crippen molar-refractivity contribution in [2.24, 2.45) is 14.1 Å². The molecule has 2 aromatic rings. The first kappa shape index (κ1) is 29.1. The number of aryl methyl sites for hydroxylation is 4. The van der Waals surface area contributed by atoms with Crippen LogP contribution in [0.5, 0.6) is 0 Å². The van der Waals surface area contributed by atoms with Gasteiger partial charge in [0.15, 0.2) is 0 Å². The number of rotatable bonds is 8. The Hall–Kier alpha value is -1.89. The molecule has 0 aromatic carbocycles. The Morgan fingerprint density at radius 2 is 1.03 bits per heavy atom. The number of hydrogen-bond acceptors (Lipinski definition) is 8. The van der Waals surface area contributed by atoms with E-state index in [-0.39, 0.29) is 11.5 Å². The molecule has 0 aliphatic carbocycles. The van der Waals surface area contributed by atoms with Crippen molar-refractivity contribution in [1.82, 2.24) is 9.13 Å². The van der Waals surface area contributed by atoms with E-state index in [9.17, 15) is 16.8 Å². The fourth-order valence-corrected chi connectivity index (χ4v) is 3.11. The van der Waals surface area contributed by atoms with Crippen LogP contribution in [0.1, 0.15) is 12.8 Å². The summed E-state index contributed by atoms with van der Waals surface area (Å²) in [5.74, 6) is -0.371. The lowest BCUT2D eigenvalue weighted by molar-refractivity contribution is -0.696. The predicted octanol–water partition coefficient (Wildman–Crippen LogP) is -2.16. The summed E-state index contributed by atoms with van der Waals surface area (Å²) in [7, 11) is -9.01. The van der Waals surface area contributed by atoms with Crippen LogP contribution in [0, 0.1) is 0 Å². The van der Waals surface area contributed by atoms with Gasteiger partial charge in [-0.1, -0.05) is 0 Å². The number of hydrogen-bond donors (Lipinski definition) is 2. The van der Waals surface area contributed by atoms with E-state index in [1.807, 2.05) is 69.8 Å². The third-order valence-electron chi connectivity index (χ3n) is 3.28. The summed E-state index contributed by atoms with van der Waals surface area (Å²) in [6.45, 7) is 1.20. The van der Waals surface area contributed by atoms with Gasteiger partial charge in [0, 0.05) is 23.2 Å². The number of aromatic nitrogens is 4. The quantitative estimate of drug-likeness (QED) is 0.225. The summed E-state index contributed by atoms with van der Waals surface area (Å²) >= 11 is 0. The molecule has 0 saturated heterocycles. The van der Waals surface area contributed by atoms with Gasteiger partial charge in [0.2, 0.25) is 12.7 Å². The van der Waals surface area contributed by atoms with Crippen LogP contribution in [0.25, 0.3) is 0 Å². The molecule has 0 atom stereocenters. The highest BCUT2D eigenvalue weighted by atomic mass is 32.3. The van der Waals surface area contributed by atoms with Crippen LogP contribution >= 0.6 is 0 Å². The predicted molar refractivity (Wildman–Crippen MR) is 104 cm³/mol. The van der Waals surface area contributed by atoms with Crippen molar-refractivity contribution in [3.63, 3.8) is 0 Å². The summed E-state index contributed by atoms with van der Waals surface area (Å²) in [5.41, 5.74) is 0. The maximum absolute atomic E-state index is 10.4. The summed E-state index contributed by atoms with van der Waals surface area (Å²) in [5, 5.41) is 0. The van der Waals surface area contributed by atoms with Crippen molar-refractivity contribution in [1.29, 1.82) is 0 Å². The van der Waals surface area contributed by atoms with Gasteiger partial charge in [-0.15, -0.1) is 0 Å². The van der Waals surface area contributed by atoms with Crippen molar-refractivity contribution < 1.29 is 52.6 Å². The summed E-state index contributed by atoms with van der Waals surface area (Å²) in [6.07, 6.45) is 12.0. The first-order chi connectivity index (χ1) is 13.9. The molecule has 0 unspecified atom stereocenters. The van der Waals surface area contributed by atoms with Crippen LogP contribution in [-0.2, 0) is 57.8 Å². The van der Waals surface area contributed by atoms with Gasteiger partial charge in [0.25, 0.3) is 20.2 Å². The van der Waals surface area contributed by atoms with Gasteiger partial charge in [0.05, 0.1) is 38.7 Å². The third kappa shape index (κ3) is 21.1. The number of imidazole rings is 2. The van der Waals surface area contributed by atoms with Crippen molar-refractivity contribution in [2.45, 2.75) is 25.9 Å². The summed E-state index contributed by atoms with van der Waals surface area (Å²) < 4.78 is 99.9. The van der Waals surface area contributed by atoms with E-state index >= 15 is 0 Å². The SMILES string of the molecule is Cn1cc[n+](CCCS(=O)(=O)O)c1.Cn1cc[n+](CCCS(=O)(=O)O)c1.O=S(=O)([O-])[O-]. The third-order valence-corrected chi connectivity index (χ3v) is 4.89. The van der Waals surface area contributed by atoms with E-state index < -0.39 is 30.6 Å². The molecule has 2 heterocycles. The molecular weight excluding hydrogens is 480 g/mol. The molecule has 0 bridgehead atoms. The molecule has 2 rings (SSSR count). The van der Waals surface area contributed by atoms with Gasteiger partial charge in [-0.25, -0.2) is 18.3 Å². The van der Waals surface area contributed by atoms with Crippen LogP contribution in [0.4, 0.5) is 0 Å². The first-order valence-corrected chi connectivity index (χ1v) is 13.1. The monoisotopic (exact) mass is 506 g/mol. The molecule has 31 heavy (non-hydrogen) atoms. The molecule has 0 amide bonds. The fourth-order valence-electron chi connectivity index (χ4n) is 2.13. The zero-order valence-electron chi connectivity index (χ0n) is 16.9. The maximum Gasteiger partial charge on any atom is 0.265 e. The zero-order chi connectivity index (χ0) is 24.3. The van der Waals surface area contributed by atoms with Gasteiger partial charge in [-0.05, 0) is 0 Å². The number of nitrogens with zero attached hydrogens (tertiary/aromatic N) is 4. The van der Waals surface area contributed by atoms with Crippen LogP contribution in [-0.4, -0.2) is 64.1 Å². The van der Waals surface area contributed by atoms with E-state index in [4.69, 9.17) is 26.6 Å². The molecule has 14 nitrogen and oxygen atoms in total. The topological polar surface area (TPSA) is 207 Å². The molecular formula is C14H26N4O10S3. The first-order valence-electron chi connectivity index (χ1n) is 8.53. The fraction of sp³-hybridized carbons (Fsp3) is 0.571. The Bertz CT molecular complexity index is 1020. The van der Waals surface area contributed by atoms with E-state index in [1.54, 1.807) is 0 Å². The van der Waals surface area contributed by atoms with Crippen LogP contribution in [0.3, 0.4) is 0 Å². The van der Waals surface area contributed by atoms with Crippen LogP contribution in [0.2, 0.25) is 0 Å². The molecule has 0 aliphatic heterocycles. The Labute approximate surface area is 181 Å². The normalized spacial score (nSPS) is 11.8. The Morgan fingerprint density at radius 3 is 1.23 bits per heavy atom.